The fourth-order valence-electron chi connectivity index (χ4n) is 3.22. The summed E-state index contributed by atoms with van der Waals surface area (Å²) in [4.78, 5) is 36.3. The minimum Gasteiger partial charge on any atom is -0.480 e. The molecule has 2 aromatic rings. The van der Waals surface area contributed by atoms with E-state index in [1.165, 1.54) is 19.1 Å². The summed E-state index contributed by atoms with van der Waals surface area (Å²) in [6, 6.07) is 6.28. The van der Waals surface area contributed by atoms with Gasteiger partial charge >= 0.3 is 19.4 Å². The van der Waals surface area contributed by atoms with Crippen molar-refractivity contribution in [3.05, 3.63) is 63.2 Å². The van der Waals surface area contributed by atoms with Crippen molar-refractivity contribution >= 4 is 13.7 Å². The highest BCUT2D eigenvalue weighted by Gasteiger charge is 2.45. The standard InChI is InChI=1S/C19H23FN3O10P/c1-10(18(27)28)22-34(30,32-11-5-3-2-4-6-11)33-14(9-24)16-13(25)7-15(31-16)23-8-12(20)17(26)21-19(23)29/h2-6,8,10,13-16,24-25H,7,9H2,1H3,(H,22,30)(H,27,28)(H,21,26,29)/t10?,13-,14?,15+,16-,34-/m0/s1. The van der Waals surface area contributed by atoms with Crippen LogP contribution in [0.3, 0.4) is 0 Å². The lowest BCUT2D eigenvalue weighted by Gasteiger charge is -2.29. The second-order valence-electron chi connectivity index (χ2n) is 7.42. The molecule has 2 unspecified atom stereocenters. The van der Waals surface area contributed by atoms with Crippen molar-refractivity contribution in [2.75, 3.05) is 6.61 Å². The molecule has 0 bridgehead atoms. The van der Waals surface area contributed by atoms with Crippen LogP contribution in [0.15, 0.2) is 46.1 Å². The van der Waals surface area contributed by atoms with Crippen LogP contribution in [-0.4, -0.2) is 61.8 Å². The Morgan fingerprint density at radius 1 is 1.38 bits per heavy atom. The molecule has 1 aliphatic heterocycles. The maximum absolute atomic E-state index is 13.7. The first-order valence-electron chi connectivity index (χ1n) is 10.0. The summed E-state index contributed by atoms with van der Waals surface area (Å²) in [5, 5.41) is 31.7. The van der Waals surface area contributed by atoms with Crippen LogP contribution in [0, 0.1) is 5.82 Å². The van der Waals surface area contributed by atoms with Crippen molar-refractivity contribution in [1.82, 2.24) is 14.6 Å². The molecule has 1 aliphatic rings. The van der Waals surface area contributed by atoms with E-state index >= 15 is 0 Å². The molecule has 0 aliphatic carbocycles. The van der Waals surface area contributed by atoms with Gasteiger partial charge in [0.1, 0.15) is 30.2 Å². The molecule has 1 fully saturated rings. The molecule has 0 spiro atoms. The minimum absolute atomic E-state index is 0.0636. The number of ether oxygens (including phenoxy) is 1. The van der Waals surface area contributed by atoms with Gasteiger partial charge in [-0.25, -0.2) is 9.36 Å². The molecule has 13 nitrogen and oxygen atoms in total. The zero-order chi connectivity index (χ0) is 25.0. The molecule has 15 heteroatoms. The third-order valence-corrected chi connectivity index (χ3v) is 6.59. The molecular formula is C19H23FN3O10P. The van der Waals surface area contributed by atoms with Crippen LogP contribution in [0.25, 0.3) is 0 Å². The van der Waals surface area contributed by atoms with Gasteiger partial charge in [-0.3, -0.25) is 23.7 Å². The van der Waals surface area contributed by atoms with Crippen LogP contribution in [0.1, 0.15) is 19.6 Å². The second kappa shape index (κ2) is 10.6. The van der Waals surface area contributed by atoms with E-state index in [-0.39, 0.29) is 12.2 Å². The van der Waals surface area contributed by atoms with E-state index in [9.17, 15) is 38.7 Å². The Morgan fingerprint density at radius 3 is 2.68 bits per heavy atom. The van der Waals surface area contributed by atoms with Crippen molar-refractivity contribution in [2.24, 2.45) is 0 Å². The van der Waals surface area contributed by atoms with Crippen LogP contribution in [0.5, 0.6) is 5.75 Å². The van der Waals surface area contributed by atoms with Gasteiger partial charge in [-0.2, -0.15) is 9.48 Å². The monoisotopic (exact) mass is 503 g/mol. The van der Waals surface area contributed by atoms with Crippen molar-refractivity contribution in [3.8, 4) is 5.75 Å². The third-order valence-electron chi connectivity index (χ3n) is 4.88. The number of H-pyrrole nitrogens is 1. The summed E-state index contributed by atoms with van der Waals surface area (Å²) < 4.78 is 44.1. The number of nitrogens with one attached hydrogen (secondary N) is 2. The molecule has 1 saturated heterocycles. The van der Waals surface area contributed by atoms with Crippen molar-refractivity contribution < 1.29 is 42.9 Å². The summed E-state index contributed by atoms with van der Waals surface area (Å²) in [6.07, 6.45) is -5.20. The highest BCUT2D eigenvalue weighted by Crippen LogP contribution is 2.47. The van der Waals surface area contributed by atoms with E-state index in [0.29, 0.717) is 10.8 Å². The Bertz CT molecular complexity index is 1170. The van der Waals surface area contributed by atoms with E-state index in [0.717, 1.165) is 0 Å². The molecule has 0 saturated carbocycles. The first-order valence-corrected chi connectivity index (χ1v) is 11.6. The normalized spacial score (nSPS) is 23.7. The number of nitrogens with zero attached hydrogens (tertiary/aromatic N) is 1. The highest BCUT2D eigenvalue weighted by atomic mass is 31.2. The number of carboxylic acids is 1. The number of rotatable bonds is 10. The number of hydrogen-bond acceptors (Lipinski definition) is 9. The zero-order valence-corrected chi connectivity index (χ0v) is 18.6. The number of carbonyl (C=O) groups is 1. The lowest BCUT2D eigenvalue weighted by molar-refractivity contribution is -0.138. The Labute approximate surface area is 191 Å². The number of aromatic amines is 1. The van der Waals surface area contributed by atoms with E-state index in [1.54, 1.807) is 23.2 Å². The summed E-state index contributed by atoms with van der Waals surface area (Å²) >= 11 is 0. The maximum atomic E-state index is 13.7. The minimum atomic E-state index is -4.48. The summed E-state index contributed by atoms with van der Waals surface area (Å²) in [5.41, 5.74) is -2.23. The molecule has 3 rings (SSSR count). The van der Waals surface area contributed by atoms with Crippen LogP contribution >= 0.6 is 7.75 Å². The molecule has 2 heterocycles. The average Bonchev–Trinajstić information content (AvgIpc) is 3.16. The molecule has 186 valence electrons. The predicted octanol–water partition coefficient (Wildman–Crippen LogP) is -0.0486. The van der Waals surface area contributed by atoms with Crippen LogP contribution < -0.4 is 20.9 Å². The van der Waals surface area contributed by atoms with Gasteiger partial charge in [0.25, 0.3) is 5.56 Å². The molecule has 1 aromatic carbocycles. The van der Waals surface area contributed by atoms with E-state index in [4.69, 9.17) is 13.8 Å². The topological polar surface area (TPSA) is 189 Å². The molecule has 0 amide bonds. The van der Waals surface area contributed by atoms with Gasteiger partial charge in [-0.05, 0) is 19.1 Å². The van der Waals surface area contributed by atoms with Gasteiger partial charge < -0.3 is 24.6 Å². The Kier molecular flexibility index (Phi) is 8.02. The molecule has 6 atom stereocenters. The van der Waals surface area contributed by atoms with Gasteiger partial charge in [0.2, 0.25) is 5.82 Å². The van der Waals surface area contributed by atoms with Gasteiger partial charge in [-0.15, -0.1) is 0 Å². The SMILES string of the molecule is CC(N[P@](=O)(Oc1ccccc1)OC(CO)[C@H]1O[C@@H](n2cc(F)c(=O)[nH]c2=O)C[C@@H]1O)C(=O)O. The molecular weight excluding hydrogens is 480 g/mol. The van der Waals surface area contributed by atoms with Gasteiger partial charge in [0.15, 0.2) is 0 Å². The van der Waals surface area contributed by atoms with Crippen LogP contribution in [0.2, 0.25) is 0 Å². The fourth-order valence-corrected chi connectivity index (χ4v) is 4.91. The number of carboxylic acid groups (broad SMARTS) is 1. The van der Waals surface area contributed by atoms with Crippen LogP contribution in [0.4, 0.5) is 4.39 Å². The van der Waals surface area contributed by atoms with Crippen molar-refractivity contribution in [3.63, 3.8) is 0 Å². The fraction of sp³-hybridized carbons (Fsp3) is 0.421. The highest BCUT2D eigenvalue weighted by molar-refractivity contribution is 7.52. The van der Waals surface area contributed by atoms with Crippen molar-refractivity contribution in [2.45, 2.75) is 43.9 Å². The second-order valence-corrected chi connectivity index (χ2v) is 9.07. The average molecular weight is 503 g/mol. The van der Waals surface area contributed by atoms with Gasteiger partial charge in [0, 0.05) is 6.42 Å². The number of hydrogen-bond donors (Lipinski definition) is 5. The number of aliphatic carboxylic acids is 1. The lowest BCUT2D eigenvalue weighted by Crippen LogP contribution is -2.42. The number of para-hydroxylation sites is 1. The first kappa shape index (κ1) is 25.7. The van der Waals surface area contributed by atoms with Gasteiger partial charge in [0.05, 0.1) is 18.9 Å². The first-order chi connectivity index (χ1) is 16.0. The molecule has 1 aromatic heterocycles. The molecule has 34 heavy (non-hydrogen) atoms. The number of aliphatic hydroxyl groups is 2. The Hall–Kier alpha value is -2.87. The predicted molar refractivity (Wildman–Crippen MR) is 113 cm³/mol. The summed E-state index contributed by atoms with van der Waals surface area (Å²) in [5.74, 6) is -2.56. The molecule has 5 N–H and O–H groups in total. The van der Waals surface area contributed by atoms with E-state index in [1.807, 2.05) is 0 Å². The summed E-state index contributed by atoms with van der Waals surface area (Å²) in [7, 11) is -4.48. The Balaban J connectivity index is 1.84. The number of benzene rings is 1. The maximum Gasteiger partial charge on any atom is 0.459 e. The zero-order valence-electron chi connectivity index (χ0n) is 17.7. The number of aliphatic hydroxyl groups excluding tert-OH is 2. The smallest absolute Gasteiger partial charge is 0.459 e. The quantitative estimate of drug-likeness (QED) is 0.273. The van der Waals surface area contributed by atoms with E-state index < -0.39 is 68.0 Å². The van der Waals surface area contributed by atoms with E-state index in [2.05, 4.69) is 5.09 Å². The summed E-state index contributed by atoms with van der Waals surface area (Å²) in [6.45, 7) is 0.337. The van der Waals surface area contributed by atoms with Crippen molar-refractivity contribution in [1.29, 1.82) is 0 Å². The van der Waals surface area contributed by atoms with Crippen LogP contribution in [-0.2, 0) is 18.6 Å². The number of halogens is 1. The largest absolute Gasteiger partial charge is 0.480 e. The molecule has 0 radical (unpaired) electrons. The van der Waals surface area contributed by atoms with Gasteiger partial charge in [-0.1, -0.05) is 18.2 Å². The third kappa shape index (κ3) is 5.97. The lowest BCUT2D eigenvalue weighted by atomic mass is 10.1. The Morgan fingerprint density at radius 2 is 2.06 bits per heavy atom. The number of aromatic nitrogens is 2.